The van der Waals surface area contributed by atoms with Gasteiger partial charge in [-0.05, 0) is 60.4 Å². The van der Waals surface area contributed by atoms with Crippen LogP contribution >= 0.6 is 11.8 Å². The molecule has 1 aromatic heterocycles. The molecule has 8 nitrogen and oxygen atoms in total. The number of nitrogens with one attached hydrogen (secondary N) is 1. The van der Waals surface area contributed by atoms with Gasteiger partial charge in [0.25, 0.3) is 0 Å². The molecule has 0 saturated carbocycles. The van der Waals surface area contributed by atoms with Gasteiger partial charge in [0.1, 0.15) is 16.7 Å². The first-order chi connectivity index (χ1) is 20.9. The van der Waals surface area contributed by atoms with Gasteiger partial charge in [0.05, 0.1) is 60.6 Å². The van der Waals surface area contributed by atoms with E-state index < -0.39 is 5.82 Å². The standard InChI is InChI=1S/C32H31F2N5O3S/c1-41-32(40)22-4-6-28-29(15-22)39(17-24-10-13-42-24)30(36-28)18-38-11-8-21(9-12-38)27-7-5-25(33)31(37-27)43-19-23-3-2-20(16-35)14-26(23)34/h2-8,14-15,24,27,37H,9-13,17-19H2,1H3/t24-,27?/m0/s1. The maximum atomic E-state index is 14.7. The third kappa shape index (κ3) is 6.37. The van der Waals surface area contributed by atoms with E-state index in [4.69, 9.17) is 19.7 Å². The molecule has 0 bridgehead atoms. The number of aromatic nitrogens is 2. The fourth-order valence-corrected chi connectivity index (χ4v) is 6.40. The summed E-state index contributed by atoms with van der Waals surface area (Å²) >= 11 is 1.21. The summed E-state index contributed by atoms with van der Waals surface area (Å²) in [6, 6.07) is 11.5. The van der Waals surface area contributed by atoms with Gasteiger partial charge in [-0.1, -0.05) is 18.2 Å². The minimum atomic E-state index is -0.469. The average Bonchev–Trinajstić information content (AvgIpc) is 3.34. The Bertz CT molecular complexity index is 1690. The Balaban J connectivity index is 1.12. The Morgan fingerprint density at radius 2 is 2.14 bits per heavy atom. The molecule has 1 unspecified atom stereocenters. The molecule has 222 valence electrons. The first-order valence-corrected chi connectivity index (χ1v) is 15.2. The number of nitrogens with zero attached hydrogens (tertiary/aromatic N) is 4. The van der Waals surface area contributed by atoms with Crippen LogP contribution in [0.25, 0.3) is 11.0 Å². The van der Waals surface area contributed by atoms with Gasteiger partial charge in [-0.3, -0.25) is 4.90 Å². The number of esters is 1. The summed E-state index contributed by atoms with van der Waals surface area (Å²) < 4.78 is 41.8. The number of methoxy groups -OCH3 is 1. The number of fused-ring (bicyclic) bond motifs is 1. The van der Waals surface area contributed by atoms with Crippen LogP contribution in [0.15, 0.2) is 71.1 Å². The summed E-state index contributed by atoms with van der Waals surface area (Å²) in [4.78, 5) is 19.4. The second-order valence-corrected chi connectivity index (χ2v) is 11.7. The van der Waals surface area contributed by atoms with Crippen molar-refractivity contribution in [2.24, 2.45) is 0 Å². The van der Waals surface area contributed by atoms with Crippen LogP contribution in [-0.4, -0.2) is 59.4 Å². The van der Waals surface area contributed by atoms with Crippen molar-refractivity contribution >= 4 is 28.8 Å². The quantitative estimate of drug-likeness (QED) is 0.259. The molecule has 4 heterocycles. The number of allylic oxidation sites excluding steroid dienone is 2. The fraction of sp³-hybridized carbons (Fsp3) is 0.344. The Morgan fingerprint density at radius 1 is 1.28 bits per heavy atom. The largest absolute Gasteiger partial charge is 0.465 e. The van der Waals surface area contributed by atoms with E-state index in [9.17, 15) is 13.6 Å². The zero-order chi connectivity index (χ0) is 29.9. The Kier molecular flexibility index (Phi) is 8.61. The highest BCUT2D eigenvalue weighted by Crippen LogP contribution is 2.31. The number of nitriles is 1. The smallest absolute Gasteiger partial charge is 0.337 e. The van der Waals surface area contributed by atoms with Gasteiger partial charge in [0.2, 0.25) is 0 Å². The van der Waals surface area contributed by atoms with Gasteiger partial charge in [-0.2, -0.15) is 5.26 Å². The Morgan fingerprint density at radius 3 is 2.84 bits per heavy atom. The zero-order valence-corrected chi connectivity index (χ0v) is 24.5. The lowest BCUT2D eigenvalue weighted by atomic mass is 9.98. The molecule has 0 spiro atoms. The summed E-state index contributed by atoms with van der Waals surface area (Å²) in [5.74, 6) is -0.0674. The normalized spacial score (nSPS) is 20.4. The molecule has 3 aromatic rings. The third-order valence-electron chi connectivity index (χ3n) is 8.01. The van der Waals surface area contributed by atoms with Gasteiger partial charge >= 0.3 is 5.97 Å². The molecule has 2 atom stereocenters. The number of imidazole rings is 1. The molecule has 1 saturated heterocycles. The summed E-state index contributed by atoms with van der Waals surface area (Å²) in [6.07, 6.45) is 7.38. The molecule has 0 amide bonds. The van der Waals surface area contributed by atoms with E-state index in [1.165, 1.54) is 36.6 Å². The van der Waals surface area contributed by atoms with Gasteiger partial charge in [-0.25, -0.2) is 18.6 Å². The van der Waals surface area contributed by atoms with Crippen LogP contribution in [0.1, 0.15) is 40.2 Å². The second-order valence-electron chi connectivity index (χ2n) is 10.7. The van der Waals surface area contributed by atoms with Gasteiger partial charge in [0.15, 0.2) is 5.83 Å². The third-order valence-corrected chi connectivity index (χ3v) is 9.07. The van der Waals surface area contributed by atoms with E-state index in [-0.39, 0.29) is 35.3 Å². The summed E-state index contributed by atoms with van der Waals surface area (Å²) in [5.41, 5.74) is 4.04. The molecule has 2 aromatic carbocycles. The number of hydrogen-bond donors (Lipinski definition) is 1. The van der Waals surface area contributed by atoms with Crippen molar-refractivity contribution in [3.05, 3.63) is 99.4 Å². The van der Waals surface area contributed by atoms with Crippen LogP contribution in [0.2, 0.25) is 0 Å². The molecule has 0 aliphatic carbocycles. The number of benzene rings is 2. The first kappa shape index (κ1) is 29.1. The highest BCUT2D eigenvalue weighted by atomic mass is 32.2. The molecule has 43 heavy (non-hydrogen) atoms. The van der Waals surface area contributed by atoms with Crippen LogP contribution in [-0.2, 0) is 28.3 Å². The number of halogens is 2. The lowest BCUT2D eigenvalue weighted by molar-refractivity contribution is -0.0591. The average molecular weight is 604 g/mol. The molecule has 1 N–H and O–H groups in total. The molecule has 0 radical (unpaired) electrons. The predicted molar refractivity (Wildman–Crippen MR) is 160 cm³/mol. The number of ether oxygens (including phenoxy) is 2. The highest BCUT2D eigenvalue weighted by Gasteiger charge is 2.26. The summed E-state index contributed by atoms with van der Waals surface area (Å²) in [7, 11) is 1.37. The van der Waals surface area contributed by atoms with Crippen LogP contribution in [0, 0.1) is 17.1 Å². The number of dihydropyridines is 1. The van der Waals surface area contributed by atoms with E-state index in [0.29, 0.717) is 35.8 Å². The Hall–Kier alpha value is -3.98. The molecular formula is C32H31F2N5O3S. The SMILES string of the molecule is COC(=O)c1ccc2nc(CN3CC=C(C4C=CC(F)=C(SCc5ccc(C#N)cc5F)N4)CC3)n(C[C@@H]3CCO3)c2c1. The predicted octanol–water partition coefficient (Wildman–Crippen LogP) is 5.35. The number of carbonyl (C=O) groups excluding carboxylic acids is 1. The number of carbonyl (C=O) groups is 1. The van der Waals surface area contributed by atoms with Crippen molar-refractivity contribution in [3.8, 4) is 6.07 Å². The van der Waals surface area contributed by atoms with E-state index in [1.54, 1.807) is 18.2 Å². The Labute approximate surface area is 252 Å². The number of thioether (sulfide) groups is 1. The lowest BCUT2D eigenvalue weighted by Crippen LogP contribution is -2.37. The molecule has 1 fully saturated rings. The number of hydrogen-bond acceptors (Lipinski definition) is 8. The van der Waals surface area contributed by atoms with Crippen LogP contribution in [0.4, 0.5) is 8.78 Å². The van der Waals surface area contributed by atoms with Crippen molar-refractivity contribution in [2.75, 3.05) is 26.8 Å². The van der Waals surface area contributed by atoms with Crippen molar-refractivity contribution < 1.29 is 23.0 Å². The molecule has 11 heteroatoms. The van der Waals surface area contributed by atoms with E-state index in [1.807, 2.05) is 24.3 Å². The second kappa shape index (κ2) is 12.7. The summed E-state index contributed by atoms with van der Waals surface area (Å²) in [6.45, 7) is 3.59. The zero-order valence-electron chi connectivity index (χ0n) is 23.7. The van der Waals surface area contributed by atoms with Crippen molar-refractivity contribution in [2.45, 2.75) is 43.8 Å². The van der Waals surface area contributed by atoms with Crippen LogP contribution < -0.4 is 5.32 Å². The van der Waals surface area contributed by atoms with E-state index in [0.717, 1.165) is 42.9 Å². The number of rotatable bonds is 9. The van der Waals surface area contributed by atoms with Crippen molar-refractivity contribution in [1.82, 2.24) is 19.8 Å². The maximum Gasteiger partial charge on any atom is 0.337 e. The highest BCUT2D eigenvalue weighted by molar-refractivity contribution is 8.02. The fourth-order valence-electron chi connectivity index (χ4n) is 5.45. The van der Waals surface area contributed by atoms with E-state index in [2.05, 4.69) is 20.9 Å². The minimum absolute atomic E-state index is 0.129. The van der Waals surface area contributed by atoms with Crippen molar-refractivity contribution in [1.29, 1.82) is 5.26 Å². The summed E-state index contributed by atoms with van der Waals surface area (Å²) in [5, 5.41) is 12.6. The van der Waals surface area contributed by atoms with Gasteiger partial charge in [-0.15, -0.1) is 11.8 Å². The minimum Gasteiger partial charge on any atom is -0.465 e. The first-order valence-electron chi connectivity index (χ1n) is 14.2. The topological polar surface area (TPSA) is 92.4 Å². The van der Waals surface area contributed by atoms with Crippen LogP contribution in [0.5, 0.6) is 0 Å². The molecule has 6 rings (SSSR count). The van der Waals surface area contributed by atoms with Crippen LogP contribution in [0.3, 0.4) is 0 Å². The van der Waals surface area contributed by atoms with Crippen molar-refractivity contribution in [3.63, 3.8) is 0 Å². The van der Waals surface area contributed by atoms with Gasteiger partial charge < -0.3 is 19.4 Å². The molecule has 3 aliphatic heterocycles. The monoisotopic (exact) mass is 603 g/mol. The molecule has 3 aliphatic rings. The lowest BCUT2D eigenvalue weighted by Gasteiger charge is -2.32. The van der Waals surface area contributed by atoms with Gasteiger partial charge in [0, 0.05) is 25.4 Å². The van der Waals surface area contributed by atoms with E-state index >= 15 is 0 Å². The maximum absolute atomic E-state index is 14.7. The molecular weight excluding hydrogens is 572 g/mol.